The smallest absolute Gasteiger partial charge is 0.236 e. The molecule has 1 aliphatic rings. The lowest BCUT2D eigenvalue weighted by Gasteiger charge is -2.32. The number of pyridine rings is 1. The number of benzene rings is 1. The first-order chi connectivity index (χ1) is 14.9. The zero-order valence-corrected chi connectivity index (χ0v) is 18.8. The van der Waals surface area contributed by atoms with Gasteiger partial charge >= 0.3 is 0 Å². The lowest BCUT2D eigenvalue weighted by atomic mass is 10.2. The molecule has 0 radical (unpaired) electrons. The van der Waals surface area contributed by atoms with Gasteiger partial charge in [0.1, 0.15) is 0 Å². The average molecular weight is 457 g/mol. The van der Waals surface area contributed by atoms with Crippen molar-refractivity contribution in [3.8, 4) is 11.4 Å². The van der Waals surface area contributed by atoms with Crippen LogP contribution in [0.4, 0.5) is 0 Å². The summed E-state index contributed by atoms with van der Waals surface area (Å²) in [6, 6.07) is 13.2. The van der Waals surface area contributed by atoms with Crippen molar-refractivity contribution in [2.45, 2.75) is 6.67 Å². The second kappa shape index (κ2) is 9.23. The molecule has 0 unspecified atom stereocenters. The molecule has 1 aliphatic heterocycles. The molecule has 0 saturated carbocycles. The monoisotopic (exact) mass is 456 g/mol. The molecule has 31 heavy (non-hydrogen) atoms. The molecule has 1 aromatic carbocycles. The maximum absolute atomic E-state index is 12.7. The molecular weight excluding hydrogens is 432 g/mol. The Morgan fingerprint density at radius 2 is 1.71 bits per heavy atom. The summed E-state index contributed by atoms with van der Waals surface area (Å²) in [7, 11) is -1.56. The molecule has 0 amide bonds. The summed E-state index contributed by atoms with van der Waals surface area (Å²) in [6.07, 6.45) is 5.09. The second-order valence-electron chi connectivity index (χ2n) is 7.32. The molecule has 3 heterocycles. The third-order valence-electron chi connectivity index (χ3n) is 5.24. The van der Waals surface area contributed by atoms with Crippen LogP contribution in [-0.4, -0.2) is 63.1 Å². The number of hydrogen-bond acceptors (Lipinski definition) is 6. The standard InChI is InChI=1S/C21H24N6O2S2/c1-24-20(19-7-10-22-11-8-19)23-27(21(24)30)17-25-12-14-26(15-13-25)31(28,29)16-9-18-5-3-2-4-6-18/h2-11,16H,12-15,17H2,1H3. The van der Waals surface area contributed by atoms with E-state index in [1.807, 2.05) is 54.1 Å². The van der Waals surface area contributed by atoms with E-state index in [4.69, 9.17) is 12.2 Å². The summed E-state index contributed by atoms with van der Waals surface area (Å²) in [4.78, 5) is 6.20. The Hall–Kier alpha value is -2.66. The normalized spacial score (nSPS) is 16.2. The number of rotatable bonds is 6. The summed E-state index contributed by atoms with van der Waals surface area (Å²) in [6.45, 7) is 2.60. The Balaban J connectivity index is 1.40. The fraction of sp³-hybridized carbons (Fsp3) is 0.286. The highest BCUT2D eigenvalue weighted by molar-refractivity contribution is 7.92. The van der Waals surface area contributed by atoms with Gasteiger partial charge in [0.2, 0.25) is 10.0 Å². The molecule has 162 valence electrons. The lowest BCUT2D eigenvalue weighted by molar-refractivity contribution is 0.145. The van der Waals surface area contributed by atoms with E-state index in [1.54, 1.807) is 23.2 Å². The summed E-state index contributed by atoms with van der Waals surface area (Å²) in [5, 5.41) is 5.95. The van der Waals surface area contributed by atoms with Crippen LogP contribution in [0.3, 0.4) is 0 Å². The van der Waals surface area contributed by atoms with Crippen LogP contribution in [0.5, 0.6) is 0 Å². The first-order valence-electron chi connectivity index (χ1n) is 9.94. The maximum atomic E-state index is 12.7. The van der Waals surface area contributed by atoms with E-state index in [9.17, 15) is 8.42 Å². The van der Waals surface area contributed by atoms with E-state index in [0.29, 0.717) is 37.6 Å². The molecule has 1 fully saturated rings. The van der Waals surface area contributed by atoms with Gasteiger partial charge in [-0.25, -0.2) is 13.1 Å². The zero-order chi connectivity index (χ0) is 21.8. The van der Waals surface area contributed by atoms with E-state index in [-0.39, 0.29) is 0 Å². The van der Waals surface area contributed by atoms with E-state index in [0.717, 1.165) is 17.0 Å². The predicted octanol–water partition coefficient (Wildman–Crippen LogP) is 2.59. The van der Waals surface area contributed by atoms with Gasteiger partial charge in [0.15, 0.2) is 10.6 Å². The van der Waals surface area contributed by atoms with Crippen molar-refractivity contribution in [3.05, 3.63) is 70.6 Å². The Labute approximate surface area is 187 Å². The summed E-state index contributed by atoms with van der Waals surface area (Å²) < 4.78 is 31.1. The van der Waals surface area contributed by atoms with Gasteiger partial charge in [-0.2, -0.15) is 9.40 Å². The minimum Gasteiger partial charge on any atom is -0.303 e. The van der Waals surface area contributed by atoms with Gasteiger partial charge in [0, 0.05) is 56.6 Å². The molecule has 4 rings (SSSR count). The third-order valence-corrected chi connectivity index (χ3v) is 7.29. The Kier molecular flexibility index (Phi) is 6.42. The molecule has 8 nitrogen and oxygen atoms in total. The quantitative estimate of drug-likeness (QED) is 0.531. The highest BCUT2D eigenvalue weighted by Crippen LogP contribution is 2.17. The Morgan fingerprint density at radius 1 is 1.03 bits per heavy atom. The molecule has 3 aromatic rings. The van der Waals surface area contributed by atoms with Gasteiger partial charge in [-0.05, 0) is 36.0 Å². The van der Waals surface area contributed by atoms with E-state index in [1.165, 1.54) is 9.71 Å². The molecule has 0 atom stereocenters. The van der Waals surface area contributed by atoms with Crippen LogP contribution in [0.15, 0.2) is 60.3 Å². The molecular formula is C21H24N6O2S2. The van der Waals surface area contributed by atoms with Crippen molar-refractivity contribution in [1.82, 2.24) is 28.5 Å². The van der Waals surface area contributed by atoms with Gasteiger partial charge in [-0.3, -0.25) is 9.88 Å². The lowest BCUT2D eigenvalue weighted by Crippen LogP contribution is -2.48. The van der Waals surface area contributed by atoms with Crippen LogP contribution in [0.2, 0.25) is 0 Å². The van der Waals surface area contributed by atoms with Crippen LogP contribution in [0.1, 0.15) is 5.56 Å². The van der Waals surface area contributed by atoms with Crippen LogP contribution in [-0.2, 0) is 23.7 Å². The van der Waals surface area contributed by atoms with Crippen molar-refractivity contribution >= 4 is 28.3 Å². The van der Waals surface area contributed by atoms with Crippen molar-refractivity contribution in [3.63, 3.8) is 0 Å². The average Bonchev–Trinajstić information content (AvgIpc) is 3.08. The summed E-state index contributed by atoms with van der Waals surface area (Å²) in [5.74, 6) is 0.777. The van der Waals surface area contributed by atoms with E-state index in [2.05, 4.69) is 15.0 Å². The second-order valence-corrected chi connectivity index (χ2v) is 9.50. The van der Waals surface area contributed by atoms with Gasteiger partial charge in [-0.1, -0.05) is 30.3 Å². The summed E-state index contributed by atoms with van der Waals surface area (Å²) >= 11 is 5.55. The number of aromatic nitrogens is 4. The Bertz CT molecular complexity index is 1210. The Morgan fingerprint density at radius 3 is 2.39 bits per heavy atom. The maximum Gasteiger partial charge on any atom is 0.236 e. The number of piperazine rings is 1. The fourth-order valence-electron chi connectivity index (χ4n) is 3.46. The van der Waals surface area contributed by atoms with Crippen molar-refractivity contribution in [2.24, 2.45) is 7.05 Å². The minimum atomic E-state index is -3.45. The van der Waals surface area contributed by atoms with Crippen molar-refractivity contribution in [1.29, 1.82) is 0 Å². The zero-order valence-electron chi connectivity index (χ0n) is 17.2. The van der Waals surface area contributed by atoms with Gasteiger partial charge in [-0.15, -0.1) is 0 Å². The molecule has 2 aromatic heterocycles. The number of nitrogens with zero attached hydrogens (tertiary/aromatic N) is 6. The van der Waals surface area contributed by atoms with Gasteiger partial charge in [0.25, 0.3) is 0 Å². The van der Waals surface area contributed by atoms with Gasteiger partial charge < -0.3 is 4.57 Å². The van der Waals surface area contributed by atoms with E-state index < -0.39 is 10.0 Å². The summed E-state index contributed by atoms with van der Waals surface area (Å²) in [5.41, 5.74) is 1.81. The van der Waals surface area contributed by atoms with Crippen LogP contribution in [0.25, 0.3) is 17.5 Å². The molecule has 10 heteroatoms. The first-order valence-corrected chi connectivity index (χ1v) is 11.8. The van der Waals surface area contributed by atoms with Crippen LogP contribution in [0, 0.1) is 4.77 Å². The minimum absolute atomic E-state index is 0.429. The number of hydrogen-bond donors (Lipinski definition) is 0. The molecule has 0 aliphatic carbocycles. The van der Waals surface area contributed by atoms with E-state index >= 15 is 0 Å². The van der Waals surface area contributed by atoms with Crippen molar-refractivity contribution in [2.75, 3.05) is 26.2 Å². The molecule has 0 bridgehead atoms. The first kappa shape index (κ1) is 21.6. The molecule has 0 N–H and O–H groups in total. The molecule has 0 spiro atoms. The van der Waals surface area contributed by atoms with Crippen molar-refractivity contribution < 1.29 is 8.42 Å². The van der Waals surface area contributed by atoms with Gasteiger partial charge in [0.05, 0.1) is 6.67 Å². The SMILES string of the molecule is Cn1c(-c2ccncc2)nn(CN2CCN(S(=O)(=O)C=Cc3ccccc3)CC2)c1=S. The molecule has 1 saturated heterocycles. The highest BCUT2D eigenvalue weighted by Gasteiger charge is 2.25. The third kappa shape index (κ3) is 4.99. The topological polar surface area (TPSA) is 76.3 Å². The van der Waals surface area contributed by atoms with Crippen LogP contribution < -0.4 is 0 Å². The highest BCUT2D eigenvalue weighted by atomic mass is 32.2. The van der Waals surface area contributed by atoms with Crippen LogP contribution >= 0.6 is 12.2 Å². The fourth-order valence-corrected chi connectivity index (χ4v) is 4.82. The largest absolute Gasteiger partial charge is 0.303 e. The predicted molar refractivity (Wildman–Crippen MR) is 123 cm³/mol. The number of sulfonamides is 1.